The largest absolute Gasteiger partial charge is 0.481 e. The van der Waals surface area contributed by atoms with Crippen LogP contribution in [0.4, 0.5) is 5.69 Å². The molecule has 3 aliphatic rings. The molecule has 0 aromatic heterocycles. The second-order valence-corrected chi connectivity index (χ2v) is 10.6. The minimum Gasteiger partial charge on any atom is -0.481 e. The molecule has 8 heteroatoms. The molecule has 2 atom stereocenters. The van der Waals surface area contributed by atoms with Gasteiger partial charge in [-0.25, -0.2) is 9.59 Å². The zero-order chi connectivity index (χ0) is 29.7. The summed E-state index contributed by atoms with van der Waals surface area (Å²) in [5.41, 5.74) is -1.06. The lowest BCUT2D eigenvalue weighted by molar-refractivity contribution is -0.200. The number of carboxylic acids is 1. The minimum atomic E-state index is -1.94. The third-order valence-electron chi connectivity index (χ3n) is 7.74. The van der Waals surface area contributed by atoms with Crippen LogP contribution >= 0.6 is 0 Å². The highest BCUT2D eigenvalue weighted by molar-refractivity contribution is 6.00. The van der Waals surface area contributed by atoms with Crippen molar-refractivity contribution in [2.45, 2.75) is 32.0 Å². The Balaban J connectivity index is 1.88. The lowest BCUT2D eigenvalue weighted by Crippen LogP contribution is -2.67. The molecule has 1 amide bonds. The van der Waals surface area contributed by atoms with E-state index in [9.17, 15) is 24.3 Å². The second-order valence-electron chi connectivity index (χ2n) is 10.6. The van der Waals surface area contributed by atoms with E-state index < -0.39 is 46.9 Å². The number of hydrogen-bond donors (Lipinski definition) is 2. The number of amides is 1. The first-order valence-corrected chi connectivity index (χ1v) is 13.0. The first kappa shape index (κ1) is 27.6. The van der Waals surface area contributed by atoms with E-state index in [1.54, 1.807) is 72.8 Å². The van der Waals surface area contributed by atoms with Crippen molar-refractivity contribution in [3.05, 3.63) is 125 Å². The number of ether oxygens (including phenoxy) is 2. The molecule has 0 fully saturated rings. The molecular formula is C33H29NO7. The van der Waals surface area contributed by atoms with Gasteiger partial charge in [0.1, 0.15) is 11.8 Å². The van der Waals surface area contributed by atoms with E-state index in [0.717, 1.165) is 5.56 Å². The number of carboxylic acid groups (broad SMARTS) is 1. The van der Waals surface area contributed by atoms with Gasteiger partial charge in [-0.1, -0.05) is 79.4 Å². The molecule has 0 saturated carbocycles. The number of nitrogens with one attached hydrogen (secondary N) is 1. The number of anilines is 1. The van der Waals surface area contributed by atoms with E-state index in [-0.39, 0.29) is 11.1 Å². The number of carbonyl (C=O) groups excluding carboxylic acids is 3. The average Bonchev–Trinajstić information content (AvgIpc) is 2.94. The average molecular weight is 552 g/mol. The Morgan fingerprint density at radius 3 is 1.46 bits per heavy atom. The molecule has 3 aromatic rings. The maximum Gasteiger partial charge on any atom is 0.334 e. The number of carbonyl (C=O) groups is 4. The Hall–Kier alpha value is -4.98. The fourth-order valence-corrected chi connectivity index (χ4v) is 6.01. The Labute approximate surface area is 237 Å². The van der Waals surface area contributed by atoms with Gasteiger partial charge in [-0.05, 0) is 32.9 Å². The minimum absolute atomic E-state index is 0.0512. The Bertz CT molecular complexity index is 1590. The van der Waals surface area contributed by atoms with Gasteiger partial charge in [0.25, 0.3) is 0 Å². The van der Waals surface area contributed by atoms with Gasteiger partial charge in [-0.3, -0.25) is 9.59 Å². The lowest BCUT2D eigenvalue weighted by Gasteiger charge is -2.59. The molecule has 2 N–H and O–H groups in total. The third-order valence-corrected chi connectivity index (χ3v) is 7.74. The summed E-state index contributed by atoms with van der Waals surface area (Å²) in [6.07, 6.45) is 0. The Morgan fingerprint density at radius 2 is 1.10 bits per heavy atom. The van der Waals surface area contributed by atoms with E-state index in [2.05, 4.69) is 18.5 Å². The third kappa shape index (κ3) is 4.06. The van der Waals surface area contributed by atoms with Crippen LogP contribution in [-0.4, -0.2) is 28.9 Å². The van der Waals surface area contributed by atoms with Crippen LogP contribution in [0.25, 0.3) is 0 Å². The van der Waals surface area contributed by atoms with Crippen LogP contribution in [-0.2, 0) is 39.9 Å². The van der Waals surface area contributed by atoms with E-state index in [0.29, 0.717) is 27.9 Å². The first-order chi connectivity index (χ1) is 19.4. The van der Waals surface area contributed by atoms with Crippen LogP contribution in [0.1, 0.15) is 41.7 Å². The van der Waals surface area contributed by atoms with Crippen molar-refractivity contribution in [1.29, 1.82) is 0 Å². The smallest absolute Gasteiger partial charge is 0.334 e. The van der Waals surface area contributed by atoms with Crippen LogP contribution in [0.5, 0.6) is 0 Å². The van der Waals surface area contributed by atoms with Gasteiger partial charge in [-0.2, -0.15) is 0 Å². The molecule has 0 spiro atoms. The fraction of sp³-hybridized carbons (Fsp3) is 0.212. The van der Waals surface area contributed by atoms with Gasteiger partial charge >= 0.3 is 17.9 Å². The predicted molar refractivity (Wildman–Crippen MR) is 151 cm³/mol. The second kappa shape index (κ2) is 9.89. The molecule has 0 aliphatic heterocycles. The molecule has 0 heterocycles. The van der Waals surface area contributed by atoms with Crippen LogP contribution in [0, 0.1) is 18.8 Å². The highest BCUT2D eigenvalue weighted by Crippen LogP contribution is 2.65. The Morgan fingerprint density at radius 1 is 0.707 bits per heavy atom. The van der Waals surface area contributed by atoms with Gasteiger partial charge in [0.15, 0.2) is 11.2 Å². The number of hydrogen-bond acceptors (Lipinski definition) is 6. The van der Waals surface area contributed by atoms with E-state index in [4.69, 9.17) is 9.47 Å². The number of aryl methyl sites for hydroxylation is 1. The predicted octanol–water partition coefficient (Wildman–Crippen LogP) is 5.00. The molecule has 0 radical (unpaired) electrons. The fourth-order valence-electron chi connectivity index (χ4n) is 6.01. The normalized spacial score (nSPS) is 23.4. The van der Waals surface area contributed by atoms with Crippen LogP contribution < -0.4 is 5.32 Å². The summed E-state index contributed by atoms with van der Waals surface area (Å²) in [5.74, 6) is -7.03. The van der Waals surface area contributed by atoms with Gasteiger partial charge in [0.05, 0.1) is 0 Å². The standard InChI is InChI=1S/C33H29NO7/c1-18(2)30(38)40-32-22-10-6-8-12-24(22)33(41-31(39)19(3)4,25-13-9-7-11-23(25)32)27(29(36)37)26(32)28(35)34-21-16-14-20(5)15-17-21/h6-17,26-27H,1,3H2,2,4-5H3,(H,34,35)(H,36,37). The summed E-state index contributed by atoms with van der Waals surface area (Å²) in [7, 11) is 0. The lowest BCUT2D eigenvalue weighted by atomic mass is 9.49. The van der Waals surface area contributed by atoms with E-state index in [1.165, 1.54) is 13.8 Å². The summed E-state index contributed by atoms with van der Waals surface area (Å²) in [6.45, 7) is 12.2. The van der Waals surface area contributed by atoms with Crippen molar-refractivity contribution in [1.82, 2.24) is 0 Å². The van der Waals surface area contributed by atoms with Gasteiger partial charge in [0, 0.05) is 39.1 Å². The number of aliphatic carboxylic acids is 1. The Kier molecular flexibility index (Phi) is 6.65. The van der Waals surface area contributed by atoms with Gasteiger partial charge in [-0.15, -0.1) is 0 Å². The number of benzene rings is 3. The van der Waals surface area contributed by atoms with Gasteiger partial charge < -0.3 is 19.9 Å². The topological polar surface area (TPSA) is 119 Å². The summed E-state index contributed by atoms with van der Waals surface area (Å²) < 4.78 is 12.4. The zero-order valence-electron chi connectivity index (χ0n) is 22.9. The highest BCUT2D eigenvalue weighted by atomic mass is 16.6. The molecule has 8 nitrogen and oxygen atoms in total. The SMILES string of the molecule is C=C(C)C(=O)OC12c3ccccc3C(OC(=O)C(=C)C)(c3ccccc31)C(C(=O)Nc1ccc(C)cc1)C2C(=O)O. The maximum absolute atomic E-state index is 14.3. The number of rotatable bonds is 7. The molecule has 2 unspecified atom stereocenters. The summed E-state index contributed by atoms with van der Waals surface area (Å²) in [6, 6.07) is 20.3. The van der Waals surface area contributed by atoms with Crippen LogP contribution in [0.2, 0.25) is 0 Å². The van der Waals surface area contributed by atoms with Crippen molar-refractivity contribution >= 4 is 29.5 Å². The summed E-state index contributed by atoms with van der Waals surface area (Å²) in [4.78, 5) is 54.2. The van der Waals surface area contributed by atoms with E-state index in [1.807, 2.05) is 6.92 Å². The first-order valence-electron chi connectivity index (χ1n) is 13.0. The van der Waals surface area contributed by atoms with Crippen molar-refractivity contribution < 1.29 is 33.8 Å². The molecule has 41 heavy (non-hydrogen) atoms. The maximum atomic E-state index is 14.3. The quantitative estimate of drug-likeness (QED) is 0.313. The molecule has 0 saturated heterocycles. The monoisotopic (exact) mass is 551 g/mol. The van der Waals surface area contributed by atoms with Gasteiger partial charge in [0.2, 0.25) is 5.91 Å². The summed E-state index contributed by atoms with van der Waals surface area (Å²) >= 11 is 0. The molecule has 3 aromatic carbocycles. The molecule has 208 valence electrons. The van der Waals surface area contributed by atoms with Crippen molar-refractivity contribution in [2.75, 3.05) is 5.32 Å². The molecule has 2 bridgehead atoms. The zero-order valence-corrected chi connectivity index (χ0v) is 22.9. The van der Waals surface area contributed by atoms with Crippen molar-refractivity contribution in [3.63, 3.8) is 0 Å². The summed E-state index contributed by atoms with van der Waals surface area (Å²) in [5, 5.41) is 13.7. The van der Waals surface area contributed by atoms with Crippen LogP contribution in [0.3, 0.4) is 0 Å². The van der Waals surface area contributed by atoms with Crippen LogP contribution in [0.15, 0.2) is 97.1 Å². The molecule has 6 rings (SSSR count). The number of fused-ring (bicyclic) bond motifs is 1. The van der Waals surface area contributed by atoms with Crippen molar-refractivity contribution in [3.8, 4) is 0 Å². The highest BCUT2D eigenvalue weighted by Gasteiger charge is 2.73. The molecule has 3 aliphatic carbocycles. The van der Waals surface area contributed by atoms with E-state index >= 15 is 0 Å². The van der Waals surface area contributed by atoms with Crippen molar-refractivity contribution in [2.24, 2.45) is 11.8 Å². The number of esters is 2. The molecular weight excluding hydrogens is 522 g/mol.